The van der Waals surface area contributed by atoms with E-state index in [0.29, 0.717) is 0 Å². The number of aliphatic carboxylic acids is 1. The predicted molar refractivity (Wildman–Crippen MR) is 66.3 cm³/mol. The van der Waals surface area contributed by atoms with E-state index >= 15 is 0 Å². The van der Waals surface area contributed by atoms with Gasteiger partial charge in [-0.3, -0.25) is 4.79 Å². The Morgan fingerprint density at radius 1 is 1.47 bits per heavy atom. The van der Waals surface area contributed by atoms with Crippen LogP contribution in [0.2, 0.25) is 0 Å². The van der Waals surface area contributed by atoms with Crippen LogP contribution in [0.3, 0.4) is 0 Å². The summed E-state index contributed by atoms with van der Waals surface area (Å²) < 4.78 is 1.04. The maximum Gasteiger partial charge on any atom is 0.304 e. The topological polar surface area (TPSA) is 37.3 Å². The average Bonchev–Trinajstić information content (AvgIpc) is 2.19. The van der Waals surface area contributed by atoms with Crippen LogP contribution in [0.1, 0.15) is 19.8 Å². The highest BCUT2D eigenvalue weighted by atomic mass is 79.9. The van der Waals surface area contributed by atoms with Crippen LogP contribution in [0.5, 0.6) is 0 Å². The molecule has 0 saturated carbocycles. The predicted octanol–water partition coefficient (Wildman–Crippen LogP) is 3.79. The SMILES string of the molecule is CCC(CC(=O)O)Sc1ccc(Br)cc1. The lowest BCUT2D eigenvalue weighted by Gasteiger charge is -2.11. The first-order chi connectivity index (χ1) is 7.11. The van der Waals surface area contributed by atoms with Crippen LogP contribution >= 0.6 is 27.7 Å². The molecule has 1 rings (SSSR count). The van der Waals surface area contributed by atoms with Crippen LogP contribution in [0.4, 0.5) is 0 Å². The van der Waals surface area contributed by atoms with Crippen molar-refractivity contribution in [1.29, 1.82) is 0 Å². The van der Waals surface area contributed by atoms with Gasteiger partial charge in [0.15, 0.2) is 0 Å². The Hall–Kier alpha value is -0.480. The zero-order valence-corrected chi connectivity index (χ0v) is 10.8. The van der Waals surface area contributed by atoms with Gasteiger partial charge in [0.2, 0.25) is 0 Å². The van der Waals surface area contributed by atoms with Gasteiger partial charge >= 0.3 is 5.97 Å². The summed E-state index contributed by atoms with van der Waals surface area (Å²) in [5, 5.41) is 8.87. The third-order valence-electron chi connectivity index (χ3n) is 1.97. The fourth-order valence-electron chi connectivity index (χ4n) is 1.17. The average molecular weight is 289 g/mol. The molecule has 1 N–H and O–H groups in total. The molecule has 0 saturated heterocycles. The van der Waals surface area contributed by atoms with Crippen molar-refractivity contribution >= 4 is 33.7 Å². The molecule has 0 fully saturated rings. The molecule has 2 nitrogen and oxygen atoms in total. The minimum atomic E-state index is -0.730. The van der Waals surface area contributed by atoms with E-state index in [2.05, 4.69) is 15.9 Å². The van der Waals surface area contributed by atoms with Crippen molar-refractivity contribution < 1.29 is 9.90 Å². The van der Waals surface area contributed by atoms with Crippen LogP contribution in [0.15, 0.2) is 33.6 Å². The van der Waals surface area contributed by atoms with Gasteiger partial charge in [-0.05, 0) is 30.7 Å². The monoisotopic (exact) mass is 288 g/mol. The number of carboxylic acids is 1. The van der Waals surface area contributed by atoms with Crippen molar-refractivity contribution in [2.45, 2.75) is 29.9 Å². The summed E-state index contributed by atoms with van der Waals surface area (Å²) in [5.74, 6) is -0.730. The molecular weight excluding hydrogens is 276 g/mol. The fraction of sp³-hybridized carbons (Fsp3) is 0.364. The summed E-state index contributed by atoms with van der Waals surface area (Å²) >= 11 is 4.99. The van der Waals surface area contributed by atoms with Gasteiger partial charge in [-0.2, -0.15) is 0 Å². The number of hydrogen-bond acceptors (Lipinski definition) is 2. The first-order valence-corrected chi connectivity index (χ1v) is 6.43. The molecule has 0 aromatic heterocycles. The van der Waals surface area contributed by atoms with Crippen LogP contribution in [0.25, 0.3) is 0 Å². The molecule has 1 unspecified atom stereocenters. The van der Waals surface area contributed by atoms with Crippen molar-refractivity contribution in [2.75, 3.05) is 0 Å². The standard InChI is InChI=1S/C11H13BrO2S/c1-2-9(7-11(13)14)15-10-5-3-8(12)4-6-10/h3-6,9H,2,7H2,1H3,(H,13,14). The van der Waals surface area contributed by atoms with Gasteiger partial charge in [-0.1, -0.05) is 22.9 Å². The first-order valence-electron chi connectivity index (χ1n) is 4.76. The van der Waals surface area contributed by atoms with Crippen molar-refractivity contribution in [1.82, 2.24) is 0 Å². The van der Waals surface area contributed by atoms with Crippen LogP contribution in [-0.2, 0) is 4.79 Å². The highest BCUT2D eigenvalue weighted by Gasteiger charge is 2.12. The third-order valence-corrected chi connectivity index (χ3v) is 3.88. The molecule has 1 aromatic carbocycles. The Labute approximate surface area is 102 Å². The molecule has 0 heterocycles. The molecule has 82 valence electrons. The second kappa shape index (κ2) is 6.18. The molecule has 0 aliphatic heterocycles. The van der Waals surface area contributed by atoms with Crippen LogP contribution in [0, 0.1) is 0 Å². The largest absolute Gasteiger partial charge is 0.481 e. The van der Waals surface area contributed by atoms with Gasteiger partial charge in [0.1, 0.15) is 0 Å². The number of carbonyl (C=O) groups is 1. The number of benzene rings is 1. The lowest BCUT2D eigenvalue weighted by molar-refractivity contribution is -0.136. The van der Waals surface area contributed by atoms with Crippen LogP contribution in [-0.4, -0.2) is 16.3 Å². The van der Waals surface area contributed by atoms with E-state index in [-0.39, 0.29) is 11.7 Å². The minimum Gasteiger partial charge on any atom is -0.481 e. The summed E-state index contributed by atoms with van der Waals surface area (Å²) in [4.78, 5) is 11.7. The Kier molecular flexibility index (Phi) is 5.19. The molecule has 1 aromatic rings. The lowest BCUT2D eigenvalue weighted by Crippen LogP contribution is -2.08. The zero-order valence-electron chi connectivity index (χ0n) is 8.44. The Bertz CT molecular complexity index is 324. The highest BCUT2D eigenvalue weighted by Crippen LogP contribution is 2.28. The molecule has 0 amide bonds. The lowest BCUT2D eigenvalue weighted by atomic mass is 10.2. The van der Waals surface area contributed by atoms with Crippen LogP contribution < -0.4 is 0 Å². The van der Waals surface area contributed by atoms with E-state index in [1.807, 2.05) is 31.2 Å². The molecular formula is C11H13BrO2S. The smallest absolute Gasteiger partial charge is 0.304 e. The van der Waals surface area contributed by atoms with E-state index in [1.165, 1.54) is 0 Å². The number of thioether (sulfide) groups is 1. The number of halogens is 1. The van der Waals surface area contributed by atoms with Crippen molar-refractivity contribution in [3.63, 3.8) is 0 Å². The van der Waals surface area contributed by atoms with E-state index < -0.39 is 5.97 Å². The Morgan fingerprint density at radius 3 is 2.53 bits per heavy atom. The Balaban J connectivity index is 2.58. The normalized spacial score (nSPS) is 12.4. The molecule has 0 spiro atoms. The zero-order chi connectivity index (χ0) is 11.3. The van der Waals surface area contributed by atoms with Crippen molar-refractivity contribution in [2.24, 2.45) is 0 Å². The third kappa shape index (κ3) is 4.71. The minimum absolute atomic E-state index is 0.156. The molecule has 15 heavy (non-hydrogen) atoms. The van der Waals surface area contributed by atoms with E-state index in [4.69, 9.17) is 5.11 Å². The molecule has 4 heteroatoms. The second-order valence-electron chi connectivity index (χ2n) is 3.20. The summed E-state index contributed by atoms with van der Waals surface area (Å²) in [6.07, 6.45) is 1.09. The van der Waals surface area contributed by atoms with Gasteiger partial charge < -0.3 is 5.11 Å². The number of hydrogen-bond donors (Lipinski definition) is 1. The summed E-state index contributed by atoms with van der Waals surface area (Å²) in [6, 6.07) is 7.93. The van der Waals surface area contributed by atoms with Gasteiger partial charge in [-0.15, -0.1) is 11.8 Å². The molecule has 0 radical (unpaired) electrons. The summed E-state index contributed by atoms with van der Waals surface area (Å²) in [7, 11) is 0. The molecule has 0 aliphatic rings. The van der Waals surface area contributed by atoms with Gasteiger partial charge in [0.05, 0.1) is 6.42 Å². The fourth-order valence-corrected chi connectivity index (χ4v) is 2.50. The van der Waals surface area contributed by atoms with Crippen molar-refractivity contribution in [3.8, 4) is 0 Å². The second-order valence-corrected chi connectivity index (χ2v) is 5.49. The summed E-state index contributed by atoms with van der Waals surface area (Å²) in [5.41, 5.74) is 0. The Morgan fingerprint density at radius 2 is 2.07 bits per heavy atom. The van der Waals surface area contributed by atoms with Gasteiger partial charge in [0, 0.05) is 14.6 Å². The van der Waals surface area contributed by atoms with Gasteiger partial charge in [0.25, 0.3) is 0 Å². The molecule has 0 aliphatic carbocycles. The summed E-state index contributed by atoms with van der Waals surface area (Å²) in [6.45, 7) is 2.01. The van der Waals surface area contributed by atoms with E-state index in [0.717, 1.165) is 15.8 Å². The van der Waals surface area contributed by atoms with E-state index in [9.17, 15) is 4.79 Å². The number of rotatable bonds is 5. The maximum absolute atomic E-state index is 10.6. The van der Waals surface area contributed by atoms with Gasteiger partial charge in [-0.25, -0.2) is 0 Å². The first kappa shape index (κ1) is 12.6. The maximum atomic E-state index is 10.6. The highest BCUT2D eigenvalue weighted by molar-refractivity contribution is 9.10. The molecule has 0 bridgehead atoms. The van der Waals surface area contributed by atoms with E-state index in [1.54, 1.807) is 11.8 Å². The quantitative estimate of drug-likeness (QED) is 0.838. The van der Waals surface area contributed by atoms with Crippen molar-refractivity contribution in [3.05, 3.63) is 28.7 Å². The number of carboxylic acid groups (broad SMARTS) is 1. The molecule has 1 atom stereocenters.